The first-order valence-electron chi connectivity index (χ1n) is 10.4. The molecule has 2 atom stereocenters. The van der Waals surface area contributed by atoms with Crippen molar-refractivity contribution < 1.29 is 30.0 Å². The Bertz CT molecular complexity index is 723. The molecule has 10 heteroatoms. The van der Waals surface area contributed by atoms with Gasteiger partial charge in [-0.05, 0) is 62.4 Å². The van der Waals surface area contributed by atoms with Crippen molar-refractivity contribution in [2.75, 3.05) is 19.6 Å². The predicted octanol–water partition coefficient (Wildman–Crippen LogP) is 2.22. The van der Waals surface area contributed by atoms with Crippen molar-refractivity contribution in [2.45, 2.75) is 56.9 Å². The second-order valence-electron chi connectivity index (χ2n) is 8.01. The zero-order valence-electron chi connectivity index (χ0n) is 17.2. The number of aliphatic carboxylic acids is 2. The highest BCUT2D eigenvalue weighted by Crippen LogP contribution is 2.30. The molecule has 1 saturated carbocycles. The molecule has 1 aromatic rings. The molecule has 3 rings (SSSR count). The number of piperidine rings is 1. The Labute approximate surface area is 191 Å². The Hall–Kier alpha value is -1.42. The first-order chi connectivity index (χ1) is 14.7. The molecule has 8 nitrogen and oxygen atoms in total. The smallest absolute Gasteiger partial charge is 0.335 e. The van der Waals surface area contributed by atoms with Gasteiger partial charge in [-0.15, -0.1) is 0 Å². The van der Waals surface area contributed by atoms with E-state index in [1.807, 2.05) is 12.1 Å². The Morgan fingerprint density at radius 1 is 1.03 bits per heavy atom. The topological polar surface area (TPSA) is 130 Å². The number of benzene rings is 1. The molecule has 5 N–H and O–H groups in total. The highest BCUT2D eigenvalue weighted by atomic mass is 35.5. The second-order valence-corrected chi connectivity index (χ2v) is 8.85. The molecule has 0 aromatic heterocycles. The maximum Gasteiger partial charge on any atom is 0.335 e. The van der Waals surface area contributed by atoms with Crippen LogP contribution in [0, 0.1) is 5.92 Å². The van der Waals surface area contributed by atoms with Gasteiger partial charge in [0, 0.05) is 29.2 Å². The Morgan fingerprint density at radius 3 is 2.06 bits per heavy atom. The molecule has 174 valence electrons. The number of aliphatic hydroxyl groups is 2. The van der Waals surface area contributed by atoms with Crippen molar-refractivity contribution >= 4 is 35.1 Å². The molecule has 1 heterocycles. The lowest BCUT2D eigenvalue weighted by Gasteiger charge is -2.39. The number of hydrogen-bond donors (Lipinski definition) is 5. The predicted molar refractivity (Wildman–Crippen MR) is 117 cm³/mol. The monoisotopic (exact) mass is 476 g/mol. The van der Waals surface area contributed by atoms with E-state index >= 15 is 0 Å². The van der Waals surface area contributed by atoms with Gasteiger partial charge in [0.25, 0.3) is 0 Å². The molecule has 1 aliphatic carbocycles. The van der Waals surface area contributed by atoms with Crippen molar-refractivity contribution in [3.63, 3.8) is 0 Å². The summed E-state index contributed by atoms with van der Waals surface area (Å²) in [7, 11) is 0. The van der Waals surface area contributed by atoms with Crippen LogP contribution in [0.1, 0.15) is 37.7 Å². The van der Waals surface area contributed by atoms with Gasteiger partial charge in [0.2, 0.25) is 0 Å². The van der Waals surface area contributed by atoms with Crippen LogP contribution < -0.4 is 5.32 Å². The Morgan fingerprint density at radius 2 is 1.61 bits per heavy atom. The minimum absolute atomic E-state index is 0.693. The van der Waals surface area contributed by atoms with Crippen LogP contribution in [0.2, 0.25) is 10.0 Å². The van der Waals surface area contributed by atoms with Crippen LogP contribution in [-0.4, -0.2) is 75.1 Å². The van der Waals surface area contributed by atoms with Gasteiger partial charge in [0.15, 0.2) is 12.2 Å². The van der Waals surface area contributed by atoms with Gasteiger partial charge in [-0.25, -0.2) is 9.59 Å². The lowest BCUT2D eigenvalue weighted by molar-refractivity contribution is -0.165. The van der Waals surface area contributed by atoms with Gasteiger partial charge in [0.1, 0.15) is 0 Å². The molecule has 31 heavy (non-hydrogen) atoms. The SMILES string of the molecule is Clc1ccc(CN(CC2CCC2)C2CCNCC2)c(Cl)c1.O=C(O)C(O)C(O)C(=O)O. The van der Waals surface area contributed by atoms with E-state index in [4.69, 9.17) is 43.6 Å². The largest absolute Gasteiger partial charge is 0.479 e. The number of rotatable bonds is 8. The van der Waals surface area contributed by atoms with E-state index in [0.29, 0.717) is 6.04 Å². The van der Waals surface area contributed by atoms with E-state index < -0.39 is 24.1 Å². The first-order valence-corrected chi connectivity index (χ1v) is 11.1. The van der Waals surface area contributed by atoms with Crippen LogP contribution >= 0.6 is 23.2 Å². The zero-order chi connectivity index (χ0) is 23.0. The van der Waals surface area contributed by atoms with Crippen LogP contribution in [0.5, 0.6) is 0 Å². The molecule has 0 spiro atoms. The third kappa shape index (κ3) is 8.21. The van der Waals surface area contributed by atoms with E-state index in [-0.39, 0.29) is 0 Å². The van der Waals surface area contributed by atoms with E-state index in [1.54, 1.807) is 0 Å². The summed E-state index contributed by atoms with van der Waals surface area (Å²) in [6.45, 7) is 4.46. The summed E-state index contributed by atoms with van der Waals surface area (Å²) in [4.78, 5) is 22.2. The lowest BCUT2D eigenvalue weighted by Crippen LogP contribution is -2.45. The van der Waals surface area contributed by atoms with Gasteiger partial charge in [-0.1, -0.05) is 35.7 Å². The summed E-state index contributed by atoms with van der Waals surface area (Å²) in [6.07, 6.45) is 2.17. The third-order valence-electron chi connectivity index (χ3n) is 5.74. The second kappa shape index (κ2) is 12.6. The summed E-state index contributed by atoms with van der Waals surface area (Å²) in [5.41, 5.74) is 1.21. The summed E-state index contributed by atoms with van der Waals surface area (Å²) in [5.74, 6) is -2.64. The highest BCUT2D eigenvalue weighted by Gasteiger charge is 2.29. The molecule has 2 aliphatic rings. The fourth-order valence-corrected chi connectivity index (χ4v) is 4.13. The molecule has 1 aromatic carbocycles. The first kappa shape index (κ1) is 25.8. The van der Waals surface area contributed by atoms with Crippen LogP contribution in [0.25, 0.3) is 0 Å². The number of carboxylic acid groups (broad SMARTS) is 2. The summed E-state index contributed by atoms with van der Waals surface area (Å²) in [6, 6.07) is 6.59. The summed E-state index contributed by atoms with van der Waals surface area (Å²) in [5, 5.41) is 37.5. The molecule has 0 radical (unpaired) electrons. The van der Waals surface area contributed by atoms with Crippen molar-refractivity contribution in [3.8, 4) is 0 Å². The van der Waals surface area contributed by atoms with Gasteiger partial charge in [0.05, 0.1) is 0 Å². The molecule has 1 aliphatic heterocycles. The molecule has 0 amide bonds. The van der Waals surface area contributed by atoms with Crippen LogP contribution in [0.15, 0.2) is 18.2 Å². The zero-order valence-corrected chi connectivity index (χ0v) is 18.7. The summed E-state index contributed by atoms with van der Waals surface area (Å²) >= 11 is 12.4. The van der Waals surface area contributed by atoms with Crippen LogP contribution in [0.4, 0.5) is 0 Å². The maximum absolute atomic E-state index is 9.77. The van der Waals surface area contributed by atoms with Gasteiger partial charge in [-0.2, -0.15) is 0 Å². The van der Waals surface area contributed by atoms with E-state index in [0.717, 1.165) is 35.6 Å². The minimum atomic E-state index is -2.27. The average molecular weight is 477 g/mol. The van der Waals surface area contributed by atoms with E-state index in [1.165, 1.54) is 44.2 Å². The number of nitrogens with one attached hydrogen (secondary N) is 1. The minimum Gasteiger partial charge on any atom is -0.479 e. The molecule has 1 saturated heterocycles. The fourth-order valence-electron chi connectivity index (χ4n) is 3.66. The van der Waals surface area contributed by atoms with E-state index in [2.05, 4.69) is 16.3 Å². The lowest BCUT2D eigenvalue weighted by atomic mass is 9.84. The number of halogens is 2. The quantitative estimate of drug-likeness (QED) is 0.386. The Kier molecular flexibility index (Phi) is 10.5. The number of carbonyl (C=O) groups is 2. The molecular weight excluding hydrogens is 447 g/mol. The van der Waals surface area contributed by atoms with Crippen molar-refractivity contribution in [1.82, 2.24) is 10.2 Å². The maximum atomic E-state index is 9.77. The van der Waals surface area contributed by atoms with Crippen molar-refractivity contribution in [1.29, 1.82) is 0 Å². The Balaban J connectivity index is 0.000000291. The van der Waals surface area contributed by atoms with Gasteiger partial charge < -0.3 is 25.7 Å². The fraction of sp³-hybridized carbons (Fsp3) is 0.619. The molecule has 2 fully saturated rings. The number of carboxylic acids is 2. The van der Waals surface area contributed by atoms with Crippen molar-refractivity contribution in [2.24, 2.45) is 5.92 Å². The number of hydrogen-bond acceptors (Lipinski definition) is 6. The van der Waals surface area contributed by atoms with Gasteiger partial charge >= 0.3 is 11.9 Å². The van der Waals surface area contributed by atoms with Crippen molar-refractivity contribution in [3.05, 3.63) is 33.8 Å². The molecular formula is C21H30Cl2N2O6. The van der Waals surface area contributed by atoms with Crippen LogP contribution in [-0.2, 0) is 16.1 Å². The summed E-state index contributed by atoms with van der Waals surface area (Å²) < 4.78 is 0. The standard InChI is InChI=1S/C17H24Cl2N2.C4H6O6/c18-15-5-4-14(17(19)10-15)12-21(11-13-2-1-3-13)16-6-8-20-9-7-16;5-1(3(7)8)2(6)4(9)10/h4-5,10,13,16,20H,1-3,6-9,11-12H2;1-2,5-6H,(H,7,8)(H,9,10). The number of aliphatic hydroxyl groups excluding tert-OH is 2. The molecule has 0 bridgehead atoms. The normalized spacial score (nSPS) is 19.1. The average Bonchev–Trinajstić information content (AvgIpc) is 2.71. The highest BCUT2D eigenvalue weighted by molar-refractivity contribution is 6.35. The van der Waals surface area contributed by atoms with Crippen LogP contribution in [0.3, 0.4) is 0 Å². The number of nitrogens with zero attached hydrogens (tertiary/aromatic N) is 1. The van der Waals surface area contributed by atoms with Gasteiger partial charge in [-0.3, -0.25) is 4.90 Å². The van der Waals surface area contributed by atoms with E-state index in [9.17, 15) is 9.59 Å². The third-order valence-corrected chi connectivity index (χ3v) is 6.32. The molecule has 2 unspecified atom stereocenters.